The van der Waals surface area contributed by atoms with E-state index in [1.165, 1.54) is 0 Å². The number of hydrogen-bond donors (Lipinski definition) is 0. The molecule has 6 aromatic rings. The van der Waals surface area contributed by atoms with Crippen LogP contribution in [0.3, 0.4) is 0 Å². The van der Waals surface area contributed by atoms with Gasteiger partial charge in [-0.2, -0.15) is 0 Å². The highest BCUT2D eigenvalue weighted by Crippen LogP contribution is 2.34. The first-order valence-electron chi connectivity index (χ1n) is 10.4. The summed E-state index contributed by atoms with van der Waals surface area (Å²) in [5.41, 5.74) is 7.38. The molecule has 5 heteroatoms. The summed E-state index contributed by atoms with van der Waals surface area (Å²) in [5.74, 6) is 0.691. The Morgan fingerprint density at radius 3 is 2.22 bits per heavy atom. The predicted octanol–water partition coefficient (Wildman–Crippen LogP) is 5.10. The van der Waals surface area contributed by atoms with Crippen LogP contribution in [0.15, 0.2) is 103 Å². The molecule has 0 amide bonds. The molecule has 0 atom stereocenters. The van der Waals surface area contributed by atoms with Crippen LogP contribution in [-0.4, -0.2) is 27.4 Å². The summed E-state index contributed by atoms with van der Waals surface area (Å²) >= 11 is 0. The topological polar surface area (TPSA) is 43.6 Å². The Morgan fingerprint density at radius 2 is 1.44 bits per heavy atom. The summed E-state index contributed by atoms with van der Waals surface area (Å²) in [5, 5.41) is 1.01. The van der Waals surface area contributed by atoms with E-state index in [4.69, 9.17) is 17.8 Å². The quantitative estimate of drug-likeness (QED) is 0.383. The van der Waals surface area contributed by atoms with Gasteiger partial charge in [-0.25, -0.2) is 9.97 Å². The molecule has 0 aliphatic heterocycles. The molecule has 4 nitrogen and oxygen atoms in total. The lowest BCUT2D eigenvalue weighted by atomic mass is 9.95. The largest absolute Gasteiger partial charge is 0.304 e. The van der Waals surface area contributed by atoms with Crippen molar-refractivity contribution >= 4 is 35.2 Å². The lowest BCUT2D eigenvalue weighted by Gasteiger charge is -2.14. The highest BCUT2D eigenvalue weighted by molar-refractivity contribution is 6.33. The molecule has 148 valence electrons. The van der Waals surface area contributed by atoms with Crippen molar-refractivity contribution in [2.75, 3.05) is 0 Å². The highest BCUT2D eigenvalue weighted by Gasteiger charge is 2.18. The monoisotopic (exact) mass is 408 g/mol. The Kier molecular flexibility index (Phi) is 4.32. The molecule has 0 bridgehead atoms. The molecular weight excluding hydrogens is 391 g/mol. The molecule has 3 aromatic heterocycles. The highest BCUT2D eigenvalue weighted by atomic mass is 15.0. The Morgan fingerprint density at radius 1 is 0.688 bits per heavy atom. The molecule has 6 rings (SSSR count). The Balaban J connectivity index is 1.70. The zero-order valence-corrected chi connectivity index (χ0v) is 17.2. The average Bonchev–Trinajstić information content (AvgIpc) is 3.18. The van der Waals surface area contributed by atoms with E-state index in [-0.39, 0.29) is 0 Å². The first-order valence-corrected chi connectivity index (χ1v) is 10.4. The van der Waals surface area contributed by atoms with Crippen molar-refractivity contribution in [1.82, 2.24) is 19.5 Å². The molecule has 0 spiro atoms. The number of aromatic nitrogens is 4. The molecule has 2 radical (unpaired) electrons. The number of nitrogens with zero attached hydrogens (tertiary/aromatic N) is 4. The molecule has 3 aromatic carbocycles. The Labute approximate surface area is 186 Å². The first-order chi connectivity index (χ1) is 15.8. The molecule has 3 heterocycles. The van der Waals surface area contributed by atoms with Gasteiger partial charge in [0.25, 0.3) is 0 Å². The third-order valence-corrected chi connectivity index (χ3v) is 5.63. The zero-order chi connectivity index (χ0) is 21.5. The minimum atomic E-state index is 0.691. The van der Waals surface area contributed by atoms with E-state index in [0.29, 0.717) is 11.3 Å². The van der Waals surface area contributed by atoms with Crippen LogP contribution in [0.1, 0.15) is 0 Å². The molecule has 0 N–H and O–H groups in total. The summed E-state index contributed by atoms with van der Waals surface area (Å²) in [6, 6.07) is 30.2. The Bertz CT molecular complexity index is 1570. The van der Waals surface area contributed by atoms with Crippen LogP contribution in [0.5, 0.6) is 0 Å². The van der Waals surface area contributed by atoms with Gasteiger partial charge < -0.3 is 4.57 Å². The van der Waals surface area contributed by atoms with Crippen LogP contribution in [0.25, 0.3) is 50.3 Å². The van der Waals surface area contributed by atoms with Crippen molar-refractivity contribution in [1.29, 1.82) is 0 Å². The van der Waals surface area contributed by atoms with Gasteiger partial charge in [-0.05, 0) is 18.2 Å². The fraction of sp³-hybridized carbons (Fsp3) is 0. The smallest absolute Gasteiger partial charge is 0.159 e. The van der Waals surface area contributed by atoms with Gasteiger partial charge in [0.1, 0.15) is 7.85 Å². The van der Waals surface area contributed by atoms with Crippen molar-refractivity contribution in [3.05, 3.63) is 103 Å². The van der Waals surface area contributed by atoms with Gasteiger partial charge in [-0.3, -0.25) is 4.98 Å². The molecule has 32 heavy (non-hydrogen) atoms. The zero-order valence-electron chi connectivity index (χ0n) is 17.2. The second kappa shape index (κ2) is 7.47. The number of fused-ring (bicyclic) bond motifs is 3. The maximum atomic E-state index is 6.11. The van der Waals surface area contributed by atoms with Crippen LogP contribution in [0.2, 0.25) is 0 Å². The van der Waals surface area contributed by atoms with Crippen LogP contribution in [-0.2, 0) is 0 Å². The maximum Gasteiger partial charge on any atom is 0.159 e. The second-order valence-electron chi connectivity index (χ2n) is 7.64. The summed E-state index contributed by atoms with van der Waals surface area (Å²) in [7, 11) is 6.11. The molecule has 0 saturated heterocycles. The Hall–Kier alpha value is -4.25. The molecule has 0 fully saturated rings. The minimum Gasteiger partial charge on any atom is -0.304 e. The standard InChI is InChI=1S/C27H17BN4/c28-20-13-14-22-21(16-20)26-23(12-7-15-29-26)32(22)24-17-30-27(19-10-5-2-6-11-19)31-25(24)18-8-3-1-4-9-18/h1-17H. The van der Waals surface area contributed by atoms with E-state index in [2.05, 4.69) is 27.8 Å². The van der Waals surface area contributed by atoms with E-state index in [1.54, 1.807) is 0 Å². The van der Waals surface area contributed by atoms with Crippen molar-refractivity contribution in [2.24, 2.45) is 0 Å². The third kappa shape index (κ3) is 2.98. The molecule has 0 saturated carbocycles. The molecule has 0 aliphatic carbocycles. The van der Waals surface area contributed by atoms with Crippen molar-refractivity contribution in [3.63, 3.8) is 0 Å². The maximum absolute atomic E-state index is 6.11. The van der Waals surface area contributed by atoms with Gasteiger partial charge in [0, 0.05) is 22.7 Å². The fourth-order valence-electron chi connectivity index (χ4n) is 4.19. The minimum absolute atomic E-state index is 0.691. The summed E-state index contributed by atoms with van der Waals surface area (Å²) in [6.07, 6.45) is 3.71. The van der Waals surface area contributed by atoms with Gasteiger partial charge in [0.2, 0.25) is 0 Å². The van der Waals surface area contributed by atoms with Gasteiger partial charge >= 0.3 is 0 Å². The van der Waals surface area contributed by atoms with Gasteiger partial charge in [0.15, 0.2) is 5.82 Å². The molecule has 0 aliphatic rings. The normalized spacial score (nSPS) is 11.2. The van der Waals surface area contributed by atoms with Crippen LogP contribution < -0.4 is 5.46 Å². The summed E-state index contributed by atoms with van der Waals surface area (Å²) in [6.45, 7) is 0. The average molecular weight is 408 g/mol. The third-order valence-electron chi connectivity index (χ3n) is 5.63. The molecule has 0 unspecified atom stereocenters. The summed E-state index contributed by atoms with van der Waals surface area (Å²) < 4.78 is 2.17. The lowest BCUT2D eigenvalue weighted by Crippen LogP contribution is -2.04. The lowest BCUT2D eigenvalue weighted by molar-refractivity contribution is 1.08. The van der Waals surface area contributed by atoms with Crippen molar-refractivity contribution in [3.8, 4) is 28.3 Å². The summed E-state index contributed by atoms with van der Waals surface area (Å²) in [4.78, 5) is 14.4. The van der Waals surface area contributed by atoms with E-state index in [0.717, 1.165) is 44.4 Å². The van der Waals surface area contributed by atoms with Gasteiger partial charge in [0.05, 0.1) is 34.1 Å². The molecular formula is C27H17BN4. The van der Waals surface area contributed by atoms with Crippen molar-refractivity contribution in [2.45, 2.75) is 0 Å². The number of benzene rings is 3. The first kappa shape index (κ1) is 18.5. The number of rotatable bonds is 3. The second-order valence-corrected chi connectivity index (χ2v) is 7.64. The number of pyridine rings is 1. The van der Waals surface area contributed by atoms with Crippen LogP contribution in [0.4, 0.5) is 0 Å². The van der Waals surface area contributed by atoms with Crippen LogP contribution in [0, 0.1) is 0 Å². The SMILES string of the molecule is [B]c1ccc2c(c1)c1ncccc1n2-c1cnc(-c2ccccc2)nc1-c1ccccc1. The van der Waals surface area contributed by atoms with Crippen molar-refractivity contribution < 1.29 is 0 Å². The fourth-order valence-corrected chi connectivity index (χ4v) is 4.19. The van der Waals surface area contributed by atoms with Crippen LogP contribution >= 0.6 is 0 Å². The number of hydrogen-bond acceptors (Lipinski definition) is 3. The van der Waals surface area contributed by atoms with E-state index in [9.17, 15) is 0 Å². The van der Waals surface area contributed by atoms with E-state index < -0.39 is 0 Å². The van der Waals surface area contributed by atoms with Gasteiger partial charge in [-0.15, -0.1) is 0 Å². The predicted molar refractivity (Wildman–Crippen MR) is 130 cm³/mol. The van der Waals surface area contributed by atoms with Gasteiger partial charge in [-0.1, -0.05) is 78.3 Å². The van der Waals surface area contributed by atoms with E-state index >= 15 is 0 Å². The van der Waals surface area contributed by atoms with E-state index in [1.807, 2.05) is 85.2 Å².